The number of hydrogen-bond acceptors (Lipinski definition) is 8. The molecule has 244 valence electrons. The Morgan fingerprint density at radius 2 is 1.79 bits per heavy atom. The van der Waals surface area contributed by atoms with Gasteiger partial charge in [-0.05, 0) is 47.9 Å². The van der Waals surface area contributed by atoms with Crippen LogP contribution in [0, 0.1) is 12.3 Å². The summed E-state index contributed by atoms with van der Waals surface area (Å²) in [5, 5.41) is 16.0. The molecule has 1 amide bonds. The molecule has 0 radical (unpaired) electrons. The lowest BCUT2D eigenvalue weighted by Crippen LogP contribution is -2.35. The monoisotopic (exact) mass is 662 g/mol. The molecule has 2 aromatic heterocycles. The van der Waals surface area contributed by atoms with Gasteiger partial charge >= 0.3 is 6.18 Å². The van der Waals surface area contributed by atoms with Crippen molar-refractivity contribution < 1.29 is 27.4 Å². The lowest BCUT2D eigenvalue weighted by molar-refractivity contribution is -0.137. The van der Waals surface area contributed by atoms with E-state index in [1.54, 1.807) is 35.2 Å². The van der Waals surface area contributed by atoms with Crippen LogP contribution in [0.15, 0.2) is 84.3 Å². The fraction of sp³-hybridized carbons (Fsp3) is 0.235. The number of nitrogens with one attached hydrogen (secondary N) is 3. The molecule has 0 saturated carbocycles. The topological polar surface area (TPSA) is 114 Å². The van der Waals surface area contributed by atoms with Crippen LogP contribution in [0.5, 0.6) is 11.5 Å². The molecular weight excluding hydrogens is 629 g/mol. The minimum absolute atomic E-state index is 0.0276. The van der Waals surface area contributed by atoms with Crippen molar-refractivity contribution in [3.63, 3.8) is 0 Å². The number of halogens is 3. The minimum atomic E-state index is -4.46. The Bertz CT molecular complexity index is 1950. The predicted molar refractivity (Wildman–Crippen MR) is 176 cm³/mol. The first-order chi connectivity index (χ1) is 22.6. The summed E-state index contributed by atoms with van der Waals surface area (Å²) in [6, 6.07) is 18.2. The van der Waals surface area contributed by atoms with Crippen LogP contribution in [0.4, 0.5) is 18.9 Å². The first-order valence-electron chi connectivity index (χ1n) is 14.6. The molecule has 0 spiro atoms. The van der Waals surface area contributed by atoms with Gasteiger partial charge in [-0.2, -0.15) is 13.2 Å². The van der Waals surface area contributed by atoms with Crippen LogP contribution in [0.25, 0.3) is 22.0 Å². The zero-order chi connectivity index (χ0) is 33.6. The van der Waals surface area contributed by atoms with E-state index in [1.807, 2.05) is 37.3 Å². The number of nitrogens with zero attached hydrogens (tertiary/aromatic N) is 3. The molecule has 0 unspecified atom stereocenters. The van der Waals surface area contributed by atoms with Crippen molar-refractivity contribution in [3.8, 4) is 22.6 Å². The summed E-state index contributed by atoms with van der Waals surface area (Å²) >= 11 is 1.20. The molecule has 0 atom stereocenters. The molecule has 3 aromatic carbocycles. The summed E-state index contributed by atoms with van der Waals surface area (Å²) in [6.45, 7) is 2.36. The number of carbonyl (C=O) groups excluding carboxylic acids is 1. The molecule has 47 heavy (non-hydrogen) atoms. The van der Waals surface area contributed by atoms with Gasteiger partial charge < -0.3 is 24.7 Å². The highest BCUT2D eigenvalue weighted by Crippen LogP contribution is 2.33. The molecular formula is C34H33F3N6O3S. The van der Waals surface area contributed by atoms with Gasteiger partial charge in [0.15, 0.2) is 16.7 Å². The first kappa shape index (κ1) is 33.3. The lowest BCUT2D eigenvalue weighted by Gasteiger charge is -2.17. The molecule has 5 aromatic rings. The van der Waals surface area contributed by atoms with E-state index in [9.17, 15) is 18.0 Å². The number of anilines is 1. The number of carbonyl (C=O) groups is 1. The third kappa shape index (κ3) is 8.04. The number of thioether (sulfide) groups is 1. The zero-order valence-corrected chi connectivity index (χ0v) is 26.8. The first-order valence-corrected chi connectivity index (χ1v) is 15.6. The number of methoxy groups -OCH3 is 2. The second-order valence-electron chi connectivity index (χ2n) is 10.6. The zero-order valence-electron chi connectivity index (χ0n) is 25.9. The summed E-state index contributed by atoms with van der Waals surface area (Å²) < 4.78 is 52.4. The van der Waals surface area contributed by atoms with Crippen LogP contribution < -0.4 is 25.6 Å². The average molecular weight is 663 g/mol. The number of amides is 1. The molecule has 9 nitrogen and oxygen atoms in total. The van der Waals surface area contributed by atoms with Crippen LogP contribution in [0.2, 0.25) is 0 Å². The number of aryl methyl sites for hydroxylation is 1. The molecule has 0 aliphatic rings. The van der Waals surface area contributed by atoms with Crippen molar-refractivity contribution in [1.82, 2.24) is 19.9 Å². The highest BCUT2D eigenvalue weighted by Gasteiger charge is 2.30. The van der Waals surface area contributed by atoms with Crippen LogP contribution >= 0.6 is 11.8 Å². The van der Waals surface area contributed by atoms with Gasteiger partial charge in [-0.1, -0.05) is 48.2 Å². The maximum Gasteiger partial charge on any atom is 0.416 e. The number of fused-ring (bicyclic) bond motifs is 1. The molecule has 0 aliphatic heterocycles. The quantitative estimate of drug-likeness (QED) is 0.104. The van der Waals surface area contributed by atoms with Gasteiger partial charge in [-0.3, -0.25) is 15.2 Å². The van der Waals surface area contributed by atoms with Crippen LogP contribution in [-0.2, 0) is 23.3 Å². The van der Waals surface area contributed by atoms with Crippen LogP contribution in [0.1, 0.15) is 16.7 Å². The number of rotatable bonds is 12. The Balaban J connectivity index is 1.32. The number of benzene rings is 3. The third-order valence-corrected chi connectivity index (χ3v) is 8.47. The second kappa shape index (κ2) is 14.6. The SMILES string of the molecule is COc1cc2nc(SCc3cccc(C(F)(F)F)c3)n(CCNC(=O)CNc3cc(-c4cccnc4)ccc3C)c(=N)c2cc1OC. The molecule has 13 heteroatoms. The maximum absolute atomic E-state index is 13.3. The van der Waals surface area contributed by atoms with Crippen molar-refractivity contribution in [3.05, 3.63) is 101 Å². The highest BCUT2D eigenvalue weighted by atomic mass is 32.2. The van der Waals surface area contributed by atoms with Crippen molar-refractivity contribution >= 4 is 34.3 Å². The molecule has 0 bridgehead atoms. The summed E-state index contributed by atoms with van der Waals surface area (Å²) in [5.74, 6) is 0.790. The van der Waals surface area contributed by atoms with E-state index in [-0.39, 0.29) is 36.8 Å². The van der Waals surface area contributed by atoms with E-state index in [2.05, 4.69) is 15.6 Å². The molecule has 0 saturated heterocycles. The largest absolute Gasteiger partial charge is 0.493 e. The van der Waals surface area contributed by atoms with E-state index in [4.69, 9.17) is 19.9 Å². The number of pyridine rings is 1. The van der Waals surface area contributed by atoms with E-state index in [0.29, 0.717) is 33.1 Å². The van der Waals surface area contributed by atoms with Gasteiger partial charge in [0.25, 0.3) is 0 Å². The Hall–Kier alpha value is -5.04. The van der Waals surface area contributed by atoms with Crippen LogP contribution in [0.3, 0.4) is 0 Å². The Labute approximate surface area is 273 Å². The van der Waals surface area contributed by atoms with Crippen LogP contribution in [-0.4, -0.2) is 47.8 Å². The number of ether oxygens (including phenoxy) is 2. The summed E-state index contributed by atoms with van der Waals surface area (Å²) in [7, 11) is 2.99. The Morgan fingerprint density at radius 3 is 2.51 bits per heavy atom. The molecule has 0 fully saturated rings. The normalized spacial score (nSPS) is 11.4. The summed E-state index contributed by atoms with van der Waals surface area (Å²) in [6.07, 6.45) is -0.970. The fourth-order valence-electron chi connectivity index (χ4n) is 4.93. The Morgan fingerprint density at radius 1 is 1.00 bits per heavy atom. The van der Waals surface area contributed by atoms with Gasteiger partial charge in [-0.15, -0.1) is 0 Å². The second-order valence-corrected chi connectivity index (χ2v) is 11.5. The predicted octanol–water partition coefficient (Wildman–Crippen LogP) is 6.44. The molecule has 3 N–H and O–H groups in total. The van der Waals surface area contributed by atoms with Crippen molar-refractivity contribution in [2.45, 2.75) is 30.6 Å². The smallest absolute Gasteiger partial charge is 0.416 e. The Kier molecular flexibility index (Phi) is 10.3. The highest BCUT2D eigenvalue weighted by molar-refractivity contribution is 7.98. The van der Waals surface area contributed by atoms with Crippen molar-refractivity contribution in [2.75, 3.05) is 32.6 Å². The van der Waals surface area contributed by atoms with E-state index in [0.717, 1.165) is 34.5 Å². The third-order valence-electron chi connectivity index (χ3n) is 7.43. The summed E-state index contributed by atoms with van der Waals surface area (Å²) in [5.41, 5.74) is 4.04. The fourth-order valence-corrected chi connectivity index (χ4v) is 5.91. The van der Waals surface area contributed by atoms with Crippen molar-refractivity contribution in [1.29, 1.82) is 5.41 Å². The van der Waals surface area contributed by atoms with Gasteiger partial charge in [0, 0.05) is 53.9 Å². The summed E-state index contributed by atoms with van der Waals surface area (Å²) in [4.78, 5) is 21.8. The van der Waals surface area contributed by atoms with Gasteiger partial charge in [-0.25, -0.2) is 4.98 Å². The maximum atomic E-state index is 13.3. The van der Waals surface area contributed by atoms with E-state index >= 15 is 0 Å². The number of hydrogen-bond donors (Lipinski definition) is 3. The van der Waals surface area contributed by atoms with Gasteiger partial charge in [0.05, 0.1) is 31.8 Å². The lowest BCUT2D eigenvalue weighted by atomic mass is 10.0. The number of aromatic nitrogens is 3. The number of alkyl halides is 3. The van der Waals surface area contributed by atoms with E-state index in [1.165, 1.54) is 32.0 Å². The van der Waals surface area contributed by atoms with E-state index < -0.39 is 11.7 Å². The minimum Gasteiger partial charge on any atom is -0.493 e. The van der Waals surface area contributed by atoms with Gasteiger partial charge in [0.1, 0.15) is 5.49 Å². The van der Waals surface area contributed by atoms with Crippen molar-refractivity contribution in [2.24, 2.45) is 0 Å². The average Bonchev–Trinajstić information content (AvgIpc) is 3.07. The molecule has 0 aliphatic carbocycles. The standard InChI is InChI=1S/C34H33F3N6O3S/c1-21-9-10-23(24-7-5-11-39-18-24)15-27(21)41-19-31(44)40-12-13-43-32(38)26-16-29(45-2)30(46-3)17-28(26)42-33(43)47-20-22-6-4-8-25(14-22)34(35,36)37/h4-11,14-18,38,41H,12-13,19-20H2,1-3H3,(H,40,44). The molecule has 5 rings (SSSR count). The van der Waals surface area contributed by atoms with Gasteiger partial charge in [0.2, 0.25) is 5.91 Å². The molecule has 2 heterocycles.